The molecule has 1 fully saturated rings. The van der Waals surface area contributed by atoms with E-state index in [9.17, 15) is 9.59 Å². The highest BCUT2D eigenvalue weighted by Crippen LogP contribution is 2.44. The Kier molecular flexibility index (Phi) is 1.77. The van der Waals surface area contributed by atoms with Crippen LogP contribution in [0.5, 0.6) is 0 Å². The van der Waals surface area contributed by atoms with Crippen molar-refractivity contribution in [2.75, 3.05) is 0 Å². The third-order valence-corrected chi connectivity index (χ3v) is 4.25. The van der Waals surface area contributed by atoms with Gasteiger partial charge in [0.15, 0.2) is 5.54 Å². The zero-order chi connectivity index (χ0) is 11.3. The van der Waals surface area contributed by atoms with Crippen LogP contribution in [0.3, 0.4) is 0 Å². The molecule has 0 saturated heterocycles. The van der Waals surface area contributed by atoms with Crippen molar-refractivity contribution >= 4 is 27.6 Å². The number of nitrogens with zero attached hydrogens (tertiary/aromatic N) is 1. The Balaban J connectivity index is 2.30. The van der Waals surface area contributed by atoms with E-state index in [2.05, 4.69) is 0 Å². The Morgan fingerprint density at radius 2 is 2.06 bits per heavy atom. The molecular formula is C11H9NO3S. The minimum Gasteiger partial charge on any atom is -0.479 e. The van der Waals surface area contributed by atoms with Crippen LogP contribution in [-0.4, -0.2) is 15.0 Å². The number of hydrogen-bond acceptors (Lipinski definition) is 3. The molecule has 1 saturated carbocycles. The Bertz CT molecular complexity index is 636. The lowest BCUT2D eigenvalue weighted by molar-refractivity contribution is -0.142. The molecule has 0 amide bonds. The van der Waals surface area contributed by atoms with Crippen LogP contribution in [0.15, 0.2) is 29.1 Å². The van der Waals surface area contributed by atoms with Gasteiger partial charge in [0.2, 0.25) is 0 Å². The molecule has 0 atom stereocenters. The molecular weight excluding hydrogens is 226 g/mol. The van der Waals surface area contributed by atoms with Crippen LogP contribution in [-0.2, 0) is 10.3 Å². The number of rotatable bonds is 2. The van der Waals surface area contributed by atoms with Crippen molar-refractivity contribution in [3.8, 4) is 0 Å². The van der Waals surface area contributed by atoms with Gasteiger partial charge < -0.3 is 5.11 Å². The highest BCUT2D eigenvalue weighted by atomic mass is 32.1. The second-order valence-corrected chi connectivity index (χ2v) is 5.01. The number of hydrogen-bond donors (Lipinski definition) is 1. The van der Waals surface area contributed by atoms with Crippen molar-refractivity contribution in [1.29, 1.82) is 0 Å². The summed E-state index contributed by atoms with van der Waals surface area (Å²) in [5.41, 5.74) is -1.14. The SMILES string of the molecule is O=C(O)C1(n2sc3ccccc3c2=O)CC1. The summed E-state index contributed by atoms with van der Waals surface area (Å²) in [7, 11) is 0. The fourth-order valence-corrected chi connectivity index (χ4v) is 3.08. The molecule has 1 N–H and O–H groups in total. The zero-order valence-electron chi connectivity index (χ0n) is 8.34. The Morgan fingerprint density at radius 3 is 2.62 bits per heavy atom. The Hall–Kier alpha value is -1.62. The number of carboxylic acids is 1. The summed E-state index contributed by atoms with van der Waals surface area (Å²) in [5.74, 6) is -0.902. The second kappa shape index (κ2) is 2.95. The minimum atomic E-state index is -0.958. The molecule has 0 unspecified atom stereocenters. The lowest BCUT2D eigenvalue weighted by atomic mass is 10.2. The summed E-state index contributed by atoms with van der Waals surface area (Å²) in [6.07, 6.45) is 1.10. The molecule has 3 rings (SSSR count). The molecule has 1 aromatic carbocycles. The number of aromatic nitrogens is 1. The van der Waals surface area contributed by atoms with Gasteiger partial charge in [0.1, 0.15) is 0 Å². The second-order valence-electron chi connectivity index (χ2n) is 4.02. The monoisotopic (exact) mass is 235 g/mol. The van der Waals surface area contributed by atoms with Gasteiger partial charge in [-0.1, -0.05) is 23.7 Å². The normalized spacial score (nSPS) is 17.5. The van der Waals surface area contributed by atoms with Crippen molar-refractivity contribution in [3.05, 3.63) is 34.6 Å². The summed E-state index contributed by atoms with van der Waals surface area (Å²) in [6.45, 7) is 0. The third kappa shape index (κ3) is 1.09. The predicted molar refractivity (Wildman–Crippen MR) is 60.9 cm³/mol. The Labute approximate surface area is 94.9 Å². The van der Waals surface area contributed by atoms with E-state index in [0.29, 0.717) is 18.2 Å². The maximum Gasteiger partial charge on any atom is 0.330 e. The average Bonchev–Trinajstić information content (AvgIpc) is 3.01. The molecule has 2 aromatic rings. The molecule has 0 bridgehead atoms. The molecule has 1 aliphatic rings. The van der Waals surface area contributed by atoms with Crippen molar-refractivity contribution in [2.24, 2.45) is 0 Å². The van der Waals surface area contributed by atoms with Crippen LogP contribution in [0.4, 0.5) is 0 Å². The van der Waals surface area contributed by atoms with Crippen molar-refractivity contribution in [3.63, 3.8) is 0 Å². The van der Waals surface area contributed by atoms with Crippen molar-refractivity contribution < 1.29 is 9.90 Å². The molecule has 1 heterocycles. The van der Waals surface area contributed by atoms with E-state index in [1.807, 2.05) is 12.1 Å². The summed E-state index contributed by atoms with van der Waals surface area (Å²) in [5, 5.41) is 9.76. The van der Waals surface area contributed by atoms with E-state index < -0.39 is 11.5 Å². The van der Waals surface area contributed by atoms with Crippen LogP contribution in [0.2, 0.25) is 0 Å². The van der Waals surface area contributed by atoms with Gasteiger partial charge in [-0.15, -0.1) is 0 Å². The van der Waals surface area contributed by atoms with E-state index in [0.717, 1.165) is 4.70 Å². The molecule has 0 radical (unpaired) electrons. The zero-order valence-corrected chi connectivity index (χ0v) is 9.16. The fraction of sp³-hybridized carbons (Fsp3) is 0.273. The molecule has 16 heavy (non-hydrogen) atoms. The van der Waals surface area contributed by atoms with Gasteiger partial charge in [-0.3, -0.25) is 4.79 Å². The average molecular weight is 235 g/mol. The van der Waals surface area contributed by atoms with Gasteiger partial charge in [-0.2, -0.15) is 0 Å². The molecule has 0 spiro atoms. The summed E-state index contributed by atoms with van der Waals surface area (Å²) < 4.78 is 2.26. The summed E-state index contributed by atoms with van der Waals surface area (Å²) in [6, 6.07) is 7.22. The largest absolute Gasteiger partial charge is 0.479 e. The van der Waals surface area contributed by atoms with E-state index >= 15 is 0 Å². The molecule has 4 nitrogen and oxygen atoms in total. The highest BCUT2D eigenvalue weighted by molar-refractivity contribution is 7.14. The first kappa shape index (κ1) is 9.59. The van der Waals surface area contributed by atoms with Gasteiger partial charge >= 0.3 is 5.97 Å². The first-order chi connectivity index (χ1) is 7.65. The summed E-state index contributed by atoms with van der Waals surface area (Å²) >= 11 is 1.24. The number of carbonyl (C=O) groups is 1. The predicted octanol–water partition coefficient (Wildman–Crippen LogP) is 1.64. The molecule has 82 valence electrons. The van der Waals surface area contributed by atoms with Crippen molar-refractivity contribution in [2.45, 2.75) is 18.4 Å². The topological polar surface area (TPSA) is 59.3 Å². The number of fused-ring (bicyclic) bond motifs is 1. The van der Waals surface area contributed by atoms with Gasteiger partial charge in [0, 0.05) is 0 Å². The summed E-state index contributed by atoms with van der Waals surface area (Å²) in [4.78, 5) is 23.2. The van der Waals surface area contributed by atoms with Crippen LogP contribution >= 0.6 is 11.5 Å². The first-order valence-corrected chi connectivity index (χ1v) is 5.77. The third-order valence-electron chi connectivity index (χ3n) is 3.00. The van der Waals surface area contributed by atoms with Crippen LogP contribution in [0, 0.1) is 0 Å². The first-order valence-electron chi connectivity index (χ1n) is 5.00. The van der Waals surface area contributed by atoms with Gasteiger partial charge in [-0.05, 0) is 25.0 Å². The van der Waals surface area contributed by atoms with Gasteiger partial charge in [0.05, 0.1) is 10.1 Å². The highest BCUT2D eigenvalue weighted by Gasteiger charge is 2.54. The number of benzene rings is 1. The Morgan fingerprint density at radius 1 is 1.38 bits per heavy atom. The molecule has 1 aromatic heterocycles. The van der Waals surface area contributed by atoms with Crippen molar-refractivity contribution in [1.82, 2.24) is 3.96 Å². The minimum absolute atomic E-state index is 0.180. The standard InChI is InChI=1S/C11H9NO3S/c13-9-7-3-1-2-4-8(7)16-12(9)11(5-6-11)10(14)15/h1-4H,5-6H2,(H,14,15). The smallest absolute Gasteiger partial charge is 0.330 e. The van der Waals surface area contributed by atoms with Crippen LogP contribution in [0.1, 0.15) is 12.8 Å². The van der Waals surface area contributed by atoms with Crippen LogP contribution < -0.4 is 5.56 Å². The fourth-order valence-electron chi connectivity index (χ4n) is 1.88. The lowest BCUT2D eigenvalue weighted by Crippen LogP contribution is -2.32. The maximum absolute atomic E-state index is 12.0. The van der Waals surface area contributed by atoms with Gasteiger partial charge in [0.25, 0.3) is 5.56 Å². The molecule has 0 aliphatic heterocycles. The number of aliphatic carboxylic acids is 1. The molecule has 1 aliphatic carbocycles. The molecule has 5 heteroatoms. The van der Waals surface area contributed by atoms with E-state index in [-0.39, 0.29) is 5.56 Å². The maximum atomic E-state index is 12.0. The lowest BCUT2D eigenvalue weighted by Gasteiger charge is -2.08. The van der Waals surface area contributed by atoms with E-state index in [1.54, 1.807) is 12.1 Å². The van der Waals surface area contributed by atoms with E-state index in [4.69, 9.17) is 5.11 Å². The number of carboxylic acid groups (broad SMARTS) is 1. The quantitative estimate of drug-likeness (QED) is 0.860. The van der Waals surface area contributed by atoms with Crippen LogP contribution in [0.25, 0.3) is 10.1 Å². The van der Waals surface area contributed by atoms with E-state index in [1.165, 1.54) is 15.5 Å². The van der Waals surface area contributed by atoms with Gasteiger partial charge in [-0.25, -0.2) is 8.75 Å².